The molecular weight excluding hydrogens is 522 g/mol. The van der Waals surface area contributed by atoms with Crippen molar-refractivity contribution < 1.29 is 38.8 Å². The van der Waals surface area contributed by atoms with E-state index >= 15 is 0 Å². The van der Waals surface area contributed by atoms with E-state index in [2.05, 4.69) is 34.9 Å². The van der Waals surface area contributed by atoms with Crippen molar-refractivity contribution in [3.8, 4) is 0 Å². The maximum Gasteiger partial charge on any atom is 0.317 e. The summed E-state index contributed by atoms with van der Waals surface area (Å²) >= 11 is 0. The number of carbonyl (C=O) groups excluding carboxylic acids is 1. The number of aryl methyl sites for hydroxylation is 1. The van der Waals surface area contributed by atoms with E-state index < -0.39 is 11.9 Å². The zero-order valence-corrected chi connectivity index (χ0v) is 23.5. The number of primary amides is 1. The van der Waals surface area contributed by atoms with Crippen molar-refractivity contribution >= 4 is 18.3 Å². The number of benzene rings is 1. The molecule has 1 amide bonds. The van der Waals surface area contributed by atoms with Gasteiger partial charge in [-0.3, -0.25) is 29.1 Å². The average Bonchev–Trinajstić information content (AvgIpc) is 3.00. The largest absolute Gasteiger partial charge is 0.480 e. The first-order chi connectivity index (χ1) is 19.4. The molecule has 0 saturated carbocycles. The number of nitrogens with two attached hydrogens (primary N) is 2. The number of nitrogens with zero attached hydrogens (tertiary/aromatic N) is 3. The van der Waals surface area contributed by atoms with Gasteiger partial charge in [0.15, 0.2) is 0 Å². The molecule has 0 aliphatic carbocycles. The minimum absolute atomic E-state index is 0.0373. The Hall–Kier alpha value is -2.65. The Morgan fingerprint density at radius 3 is 1.57 bits per heavy atom. The first-order valence-electron chi connectivity index (χ1n) is 13.6. The van der Waals surface area contributed by atoms with Crippen LogP contribution in [-0.2, 0) is 41.6 Å². The van der Waals surface area contributed by atoms with Gasteiger partial charge in [-0.05, 0) is 24.0 Å². The number of carbonyl (C=O) groups is 3. The molecule has 1 aromatic rings. The molecule has 1 aliphatic heterocycles. The number of hydrogen-bond acceptors (Lipinski definition) is 10. The van der Waals surface area contributed by atoms with Crippen LogP contribution in [0.15, 0.2) is 24.3 Å². The molecule has 228 valence electrons. The fraction of sp³-hybridized carbons (Fsp3) is 0.667. The lowest BCUT2D eigenvalue weighted by molar-refractivity contribution is -0.140. The van der Waals surface area contributed by atoms with Gasteiger partial charge < -0.3 is 35.9 Å². The molecule has 0 unspecified atom stereocenters. The predicted molar refractivity (Wildman–Crippen MR) is 150 cm³/mol. The van der Waals surface area contributed by atoms with Gasteiger partial charge in [0.1, 0.15) is 0 Å². The van der Waals surface area contributed by atoms with Crippen LogP contribution in [0.1, 0.15) is 17.5 Å². The summed E-state index contributed by atoms with van der Waals surface area (Å²) in [5, 5.41) is 18.4. The first kappa shape index (κ1) is 35.4. The van der Waals surface area contributed by atoms with Crippen molar-refractivity contribution in [2.24, 2.45) is 11.5 Å². The van der Waals surface area contributed by atoms with E-state index in [1.54, 1.807) is 0 Å². The van der Waals surface area contributed by atoms with Crippen LogP contribution in [0.25, 0.3) is 0 Å². The number of amides is 1. The second-order valence-electron chi connectivity index (χ2n) is 9.30. The van der Waals surface area contributed by atoms with Gasteiger partial charge in [0.2, 0.25) is 6.41 Å². The van der Waals surface area contributed by atoms with Crippen LogP contribution in [0, 0.1) is 0 Å². The Labute approximate surface area is 236 Å². The van der Waals surface area contributed by atoms with E-state index in [-0.39, 0.29) is 19.5 Å². The maximum atomic E-state index is 11.2. The standard InChI is InChI=1S/C26H44N4O7.CH3NO/c27-7-15-36-17-19-37-18-16-35-14-1-2-23-3-5-24(6-4-23)20-28-8-10-29(21-25(31)32)12-13-30(11-9-28)22-26(33)34;2-1-3/h3-6H,1-2,7-22,27H2,(H,31,32)(H,33,34);1H,(H2,2,3). The third-order valence-electron chi connectivity index (χ3n) is 6.10. The number of ether oxygens (including phenoxy) is 3. The second kappa shape index (κ2) is 23.1. The molecule has 1 saturated heterocycles. The van der Waals surface area contributed by atoms with E-state index in [1.807, 2.05) is 9.80 Å². The molecule has 1 aromatic carbocycles. The quantitative estimate of drug-likeness (QED) is 0.129. The van der Waals surface area contributed by atoms with Crippen molar-refractivity contribution in [1.82, 2.24) is 14.7 Å². The van der Waals surface area contributed by atoms with Crippen LogP contribution >= 0.6 is 0 Å². The first-order valence-corrected chi connectivity index (χ1v) is 13.6. The molecule has 1 heterocycles. The summed E-state index contributed by atoms with van der Waals surface area (Å²) in [6.45, 7) is 8.48. The highest BCUT2D eigenvalue weighted by molar-refractivity contribution is 5.69. The van der Waals surface area contributed by atoms with Crippen LogP contribution < -0.4 is 11.5 Å². The van der Waals surface area contributed by atoms with Gasteiger partial charge in [0.25, 0.3) is 0 Å². The summed E-state index contributed by atoms with van der Waals surface area (Å²) in [7, 11) is 0. The number of hydrogen-bond donors (Lipinski definition) is 4. The summed E-state index contributed by atoms with van der Waals surface area (Å²) in [6.07, 6.45) is 2.12. The third-order valence-corrected chi connectivity index (χ3v) is 6.10. The SMILES string of the molecule is NC=O.NCCOCCOCCOCCCc1ccc(CN2CCN(CC(=O)O)CCN(CC(=O)O)CC2)cc1. The highest BCUT2D eigenvalue weighted by Gasteiger charge is 2.19. The van der Waals surface area contributed by atoms with E-state index in [4.69, 9.17) is 24.7 Å². The maximum absolute atomic E-state index is 11.2. The van der Waals surface area contributed by atoms with E-state index in [1.165, 1.54) is 11.1 Å². The van der Waals surface area contributed by atoms with Gasteiger partial charge in [-0.2, -0.15) is 0 Å². The fourth-order valence-electron chi connectivity index (χ4n) is 4.11. The van der Waals surface area contributed by atoms with Crippen LogP contribution in [0.3, 0.4) is 0 Å². The van der Waals surface area contributed by atoms with Crippen LogP contribution in [-0.4, -0.2) is 142 Å². The molecule has 2 rings (SSSR count). The zero-order chi connectivity index (χ0) is 29.4. The third kappa shape index (κ3) is 18.6. The van der Waals surface area contributed by atoms with Crippen LogP contribution in [0.2, 0.25) is 0 Å². The molecule has 6 N–H and O–H groups in total. The lowest BCUT2D eigenvalue weighted by atomic mass is 10.1. The van der Waals surface area contributed by atoms with Gasteiger partial charge in [0, 0.05) is 59.0 Å². The van der Waals surface area contributed by atoms with Crippen LogP contribution in [0.5, 0.6) is 0 Å². The summed E-state index contributed by atoms with van der Waals surface area (Å²) < 4.78 is 16.3. The lowest BCUT2D eigenvalue weighted by Crippen LogP contribution is -2.40. The number of rotatable bonds is 18. The van der Waals surface area contributed by atoms with Gasteiger partial charge in [0.05, 0.1) is 46.1 Å². The van der Waals surface area contributed by atoms with Crippen molar-refractivity contribution in [2.45, 2.75) is 19.4 Å². The van der Waals surface area contributed by atoms with E-state index in [9.17, 15) is 19.8 Å². The van der Waals surface area contributed by atoms with Gasteiger partial charge in [-0.25, -0.2) is 0 Å². The normalized spacial score (nSPS) is 15.3. The highest BCUT2D eigenvalue weighted by atomic mass is 16.5. The van der Waals surface area contributed by atoms with Gasteiger partial charge in [-0.15, -0.1) is 0 Å². The van der Waals surface area contributed by atoms with Gasteiger partial charge >= 0.3 is 11.9 Å². The highest BCUT2D eigenvalue weighted by Crippen LogP contribution is 2.11. The van der Waals surface area contributed by atoms with Crippen molar-refractivity contribution in [1.29, 1.82) is 0 Å². The molecular formula is C27H47N5O8. The Bertz CT molecular complexity index is 787. The van der Waals surface area contributed by atoms with Crippen molar-refractivity contribution in [3.63, 3.8) is 0 Å². The molecule has 0 radical (unpaired) electrons. The Morgan fingerprint density at radius 1 is 0.725 bits per heavy atom. The topological polar surface area (TPSA) is 181 Å². The lowest BCUT2D eigenvalue weighted by Gasteiger charge is -2.25. The molecule has 40 heavy (non-hydrogen) atoms. The summed E-state index contributed by atoms with van der Waals surface area (Å²) in [4.78, 5) is 37.1. The average molecular weight is 570 g/mol. The molecule has 0 aromatic heterocycles. The molecule has 0 atom stereocenters. The minimum Gasteiger partial charge on any atom is -0.480 e. The molecule has 0 bridgehead atoms. The molecule has 1 aliphatic rings. The number of carboxylic acids is 2. The molecule has 13 heteroatoms. The zero-order valence-electron chi connectivity index (χ0n) is 23.5. The van der Waals surface area contributed by atoms with E-state index in [0.29, 0.717) is 72.4 Å². The monoisotopic (exact) mass is 569 g/mol. The number of carboxylic acid groups (broad SMARTS) is 2. The smallest absolute Gasteiger partial charge is 0.317 e. The molecule has 0 spiro atoms. The van der Waals surface area contributed by atoms with Crippen molar-refractivity contribution in [3.05, 3.63) is 35.4 Å². The minimum atomic E-state index is -0.867. The fourth-order valence-corrected chi connectivity index (χ4v) is 4.11. The Kier molecular flexibility index (Phi) is 20.4. The summed E-state index contributed by atoms with van der Waals surface area (Å²) in [5.74, 6) is -1.73. The Morgan fingerprint density at radius 2 is 1.12 bits per heavy atom. The van der Waals surface area contributed by atoms with Gasteiger partial charge in [-0.1, -0.05) is 24.3 Å². The number of aliphatic carboxylic acids is 2. The van der Waals surface area contributed by atoms with Crippen LogP contribution in [0.4, 0.5) is 0 Å². The molecule has 13 nitrogen and oxygen atoms in total. The van der Waals surface area contributed by atoms with Crippen molar-refractivity contribution in [2.75, 3.05) is 98.5 Å². The Balaban J connectivity index is 0.00000254. The molecule has 1 fully saturated rings. The second-order valence-corrected chi connectivity index (χ2v) is 9.30. The predicted octanol–water partition coefficient (Wildman–Crippen LogP) is -0.682. The summed E-state index contributed by atoms with van der Waals surface area (Å²) in [5.41, 5.74) is 12.0. The summed E-state index contributed by atoms with van der Waals surface area (Å²) in [6, 6.07) is 8.55. The van der Waals surface area contributed by atoms with E-state index in [0.717, 1.165) is 32.5 Å².